The average molecular weight is 369 g/mol. The first kappa shape index (κ1) is 17.4. The van der Waals surface area contributed by atoms with E-state index in [0.717, 1.165) is 22.0 Å². The molecule has 8 heteroatoms. The van der Waals surface area contributed by atoms with Crippen LogP contribution in [0.2, 0.25) is 0 Å². The van der Waals surface area contributed by atoms with Gasteiger partial charge in [-0.2, -0.15) is 0 Å². The smallest absolute Gasteiger partial charge is 0.244 e. The molecule has 3 heterocycles. The molecule has 1 aromatic carbocycles. The van der Waals surface area contributed by atoms with E-state index in [-0.39, 0.29) is 24.9 Å². The molecule has 0 radical (unpaired) electrons. The first-order valence-electron chi connectivity index (χ1n) is 8.88. The number of benzene rings is 1. The van der Waals surface area contributed by atoms with Gasteiger partial charge in [0.25, 0.3) is 0 Å². The standard InChI is InChI=1S/C19H20FN5O2/c20-14-1-2-18-16(9-14)17(10-21-18)13-3-6-24(7-4-13)19(27)12-25-11-15(5-8-26)22-23-25/h1-3,9-11,21,26H,4-8,12H2. The average Bonchev–Trinajstić information content (AvgIpc) is 3.28. The highest BCUT2D eigenvalue weighted by Crippen LogP contribution is 2.29. The third-order valence-corrected chi connectivity index (χ3v) is 4.80. The second-order valence-corrected chi connectivity index (χ2v) is 6.59. The second-order valence-electron chi connectivity index (χ2n) is 6.59. The fraction of sp³-hybridized carbons (Fsp3) is 0.316. The lowest BCUT2D eigenvalue weighted by Gasteiger charge is -2.26. The van der Waals surface area contributed by atoms with E-state index < -0.39 is 0 Å². The quantitative estimate of drug-likeness (QED) is 0.717. The Morgan fingerprint density at radius 1 is 1.37 bits per heavy atom. The molecule has 1 aliphatic heterocycles. The maximum Gasteiger partial charge on any atom is 0.244 e. The molecule has 0 aliphatic carbocycles. The van der Waals surface area contributed by atoms with Crippen molar-refractivity contribution in [1.29, 1.82) is 0 Å². The summed E-state index contributed by atoms with van der Waals surface area (Å²) in [6, 6.07) is 4.71. The third-order valence-electron chi connectivity index (χ3n) is 4.80. The van der Waals surface area contributed by atoms with Crippen LogP contribution in [-0.2, 0) is 17.8 Å². The minimum Gasteiger partial charge on any atom is -0.396 e. The number of aromatic amines is 1. The number of nitrogens with zero attached hydrogens (tertiary/aromatic N) is 4. The summed E-state index contributed by atoms with van der Waals surface area (Å²) in [6.45, 7) is 1.24. The lowest BCUT2D eigenvalue weighted by Crippen LogP contribution is -2.37. The van der Waals surface area contributed by atoms with Gasteiger partial charge in [-0.1, -0.05) is 11.3 Å². The number of carbonyl (C=O) groups excluding carboxylic acids is 1. The number of fused-ring (bicyclic) bond motifs is 1. The van der Waals surface area contributed by atoms with Crippen LogP contribution in [0.4, 0.5) is 4.39 Å². The number of H-pyrrole nitrogens is 1. The highest BCUT2D eigenvalue weighted by atomic mass is 19.1. The zero-order valence-corrected chi connectivity index (χ0v) is 14.7. The van der Waals surface area contributed by atoms with Gasteiger partial charge in [0.2, 0.25) is 5.91 Å². The summed E-state index contributed by atoms with van der Waals surface area (Å²) >= 11 is 0. The molecule has 2 N–H and O–H groups in total. The first-order chi connectivity index (χ1) is 13.1. The van der Waals surface area contributed by atoms with Gasteiger partial charge in [-0.25, -0.2) is 9.07 Å². The van der Waals surface area contributed by atoms with Crippen molar-refractivity contribution in [3.63, 3.8) is 0 Å². The Labute approximate surface area is 155 Å². The van der Waals surface area contributed by atoms with Crippen LogP contribution in [0.25, 0.3) is 16.5 Å². The Bertz CT molecular complexity index is 1010. The number of aromatic nitrogens is 4. The largest absolute Gasteiger partial charge is 0.396 e. The molecule has 140 valence electrons. The molecule has 1 aliphatic rings. The van der Waals surface area contributed by atoms with Crippen molar-refractivity contribution in [2.24, 2.45) is 0 Å². The van der Waals surface area contributed by atoms with Crippen molar-refractivity contribution >= 4 is 22.4 Å². The van der Waals surface area contributed by atoms with Gasteiger partial charge in [0, 0.05) is 55.0 Å². The lowest BCUT2D eigenvalue weighted by molar-refractivity contribution is -0.131. The van der Waals surface area contributed by atoms with E-state index in [1.165, 1.54) is 16.8 Å². The summed E-state index contributed by atoms with van der Waals surface area (Å²) in [6.07, 6.45) is 6.73. The fourth-order valence-electron chi connectivity index (χ4n) is 3.38. The molecule has 0 fully saturated rings. The maximum atomic E-state index is 13.6. The summed E-state index contributed by atoms with van der Waals surface area (Å²) in [5.74, 6) is -0.291. The molecule has 4 rings (SSSR count). The molecule has 0 atom stereocenters. The van der Waals surface area contributed by atoms with Crippen LogP contribution in [0.1, 0.15) is 17.7 Å². The van der Waals surface area contributed by atoms with Crippen molar-refractivity contribution in [3.05, 3.63) is 53.7 Å². The van der Waals surface area contributed by atoms with Crippen molar-refractivity contribution in [2.75, 3.05) is 19.7 Å². The number of hydrogen-bond donors (Lipinski definition) is 2. The van der Waals surface area contributed by atoms with E-state index in [2.05, 4.69) is 15.3 Å². The Hall–Kier alpha value is -3.00. The number of amides is 1. The van der Waals surface area contributed by atoms with Crippen molar-refractivity contribution in [2.45, 2.75) is 19.4 Å². The topological polar surface area (TPSA) is 87.0 Å². The molecule has 0 spiro atoms. The number of carbonyl (C=O) groups is 1. The van der Waals surface area contributed by atoms with Gasteiger partial charge in [-0.3, -0.25) is 4.79 Å². The molecule has 27 heavy (non-hydrogen) atoms. The monoisotopic (exact) mass is 369 g/mol. The summed E-state index contributed by atoms with van der Waals surface area (Å²) < 4.78 is 15.1. The van der Waals surface area contributed by atoms with E-state index in [9.17, 15) is 9.18 Å². The Morgan fingerprint density at radius 3 is 3.04 bits per heavy atom. The summed E-state index contributed by atoms with van der Waals surface area (Å²) in [5, 5.41) is 17.6. The number of nitrogens with one attached hydrogen (secondary N) is 1. The minimum absolute atomic E-state index is 0.00404. The number of hydrogen-bond acceptors (Lipinski definition) is 4. The zero-order valence-electron chi connectivity index (χ0n) is 14.7. The van der Waals surface area contributed by atoms with Crippen LogP contribution in [-0.4, -0.2) is 55.6 Å². The van der Waals surface area contributed by atoms with Crippen LogP contribution in [0.3, 0.4) is 0 Å². The Balaban J connectivity index is 1.44. The normalized spacial score (nSPS) is 14.6. The molecule has 0 saturated heterocycles. The van der Waals surface area contributed by atoms with Gasteiger partial charge in [-0.05, 0) is 30.2 Å². The second kappa shape index (κ2) is 7.32. The van der Waals surface area contributed by atoms with Crippen LogP contribution >= 0.6 is 0 Å². The highest BCUT2D eigenvalue weighted by Gasteiger charge is 2.20. The number of rotatable bonds is 5. The van der Waals surface area contributed by atoms with Crippen LogP contribution in [0, 0.1) is 5.82 Å². The minimum atomic E-state index is -0.259. The lowest BCUT2D eigenvalue weighted by atomic mass is 9.99. The Kier molecular flexibility index (Phi) is 4.72. The zero-order chi connectivity index (χ0) is 18.8. The van der Waals surface area contributed by atoms with Gasteiger partial charge in [0.15, 0.2) is 0 Å². The van der Waals surface area contributed by atoms with Crippen LogP contribution in [0.5, 0.6) is 0 Å². The number of aliphatic hydroxyl groups excluding tert-OH is 1. The molecule has 0 unspecified atom stereocenters. The molecule has 0 saturated carbocycles. The van der Waals surface area contributed by atoms with Crippen molar-refractivity contribution in [1.82, 2.24) is 24.9 Å². The summed E-state index contributed by atoms with van der Waals surface area (Å²) in [5.41, 5.74) is 3.66. The van der Waals surface area contributed by atoms with Gasteiger partial charge in [0.1, 0.15) is 12.4 Å². The number of halogens is 1. The molecule has 7 nitrogen and oxygen atoms in total. The summed E-state index contributed by atoms with van der Waals surface area (Å²) in [7, 11) is 0. The van der Waals surface area contributed by atoms with Gasteiger partial charge < -0.3 is 15.0 Å². The van der Waals surface area contributed by atoms with Gasteiger partial charge in [0.05, 0.1) is 5.69 Å². The first-order valence-corrected chi connectivity index (χ1v) is 8.88. The molecular formula is C19H20FN5O2. The number of aliphatic hydroxyl groups is 1. The van der Waals surface area contributed by atoms with Crippen molar-refractivity contribution < 1.29 is 14.3 Å². The molecular weight excluding hydrogens is 349 g/mol. The van der Waals surface area contributed by atoms with E-state index in [1.54, 1.807) is 17.2 Å². The van der Waals surface area contributed by atoms with Crippen molar-refractivity contribution in [3.8, 4) is 0 Å². The molecule has 3 aromatic rings. The van der Waals surface area contributed by atoms with E-state index in [4.69, 9.17) is 5.11 Å². The molecule has 2 aromatic heterocycles. The molecule has 1 amide bonds. The predicted octanol–water partition coefficient (Wildman–Crippen LogP) is 1.75. The fourth-order valence-corrected chi connectivity index (χ4v) is 3.38. The SMILES string of the molecule is O=C(Cn1cc(CCO)nn1)N1CC=C(c2c[nH]c3ccc(F)cc23)CC1. The highest BCUT2D eigenvalue weighted by molar-refractivity contribution is 5.93. The van der Waals surface area contributed by atoms with E-state index >= 15 is 0 Å². The predicted molar refractivity (Wildman–Crippen MR) is 98.2 cm³/mol. The maximum absolute atomic E-state index is 13.6. The van der Waals surface area contributed by atoms with Crippen LogP contribution in [0.15, 0.2) is 36.7 Å². The molecule has 0 bridgehead atoms. The Morgan fingerprint density at radius 2 is 2.26 bits per heavy atom. The van der Waals surface area contributed by atoms with Gasteiger partial charge >= 0.3 is 0 Å². The van der Waals surface area contributed by atoms with Crippen LogP contribution < -0.4 is 0 Å². The van der Waals surface area contributed by atoms with E-state index in [0.29, 0.717) is 31.6 Å². The van der Waals surface area contributed by atoms with E-state index in [1.807, 2.05) is 12.3 Å². The third kappa shape index (κ3) is 3.61. The summed E-state index contributed by atoms with van der Waals surface area (Å²) in [4.78, 5) is 17.4. The van der Waals surface area contributed by atoms with Gasteiger partial charge in [-0.15, -0.1) is 5.10 Å².